The third kappa shape index (κ3) is 2.94. The SMILES string of the molecule is CCC(C)(C(=O)NC1(C)CCCCC1)C(N)=NO. The van der Waals surface area contributed by atoms with Crippen LogP contribution in [-0.2, 0) is 4.79 Å². The molecule has 1 aliphatic rings. The summed E-state index contributed by atoms with van der Waals surface area (Å²) in [6.07, 6.45) is 6.01. The lowest BCUT2D eigenvalue weighted by molar-refractivity contribution is -0.129. The molecular weight excluding hydrogens is 230 g/mol. The molecule has 0 aliphatic heterocycles. The highest BCUT2D eigenvalue weighted by atomic mass is 16.4. The average molecular weight is 255 g/mol. The molecule has 0 bridgehead atoms. The second-order valence-electron chi connectivity index (χ2n) is 5.75. The topological polar surface area (TPSA) is 87.7 Å². The van der Waals surface area contributed by atoms with Crippen molar-refractivity contribution in [3.8, 4) is 0 Å². The number of nitrogens with one attached hydrogen (secondary N) is 1. The van der Waals surface area contributed by atoms with Crippen molar-refractivity contribution < 1.29 is 10.0 Å². The van der Waals surface area contributed by atoms with E-state index in [0.29, 0.717) is 6.42 Å². The molecule has 5 nitrogen and oxygen atoms in total. The van der Waals surface area contributed by atoms with E-state index in [0.717, 1.165) is 25.7 Å². The van der Waals surface area contributed by atoms with E-state index in [1.807, 2.05) is 6.92 Å². The summed E-state index contributed by atoms with van der Waals surface area (Å²) in [6, 6.07) is 0. The third-order valence-corrected chi connectivity index (χ3v) is 4.25. The number of amides is 1. The van der Waals surface area contributed by atoms with Crippen molar-refractivity contribution in [1.82, 2.24) is 5.32 Å². The second-order valence-corrected chi connectivity index (χ2v) is 5.75. The summed E-state index contributed by atoms with van der Waals surface area (Å²) < 4.78 is 0. The van der Waals surface area contributed by atoms with E-state index >= 15 is 0 Å². The maximum atomic E-state index is 12.4. The van der Waals surface area contributed by atoms with Gasteiger partial charge in [-0.25, -0.2) is 0 Å². The molecule has 4 N–H and O–H groups in total. The van der Waals surface area contributed by atoms with Crippen LogP contribution in [0.15, 0.2) is 5.16 Å². The molecule has 0 aromatic rings. The summed E-state index contributed by atoms with van der Waals surface area (Å²) >= 11 is 0. The zero-order valence-electron chi connectivity index (χ0n) is 11.6. The minimum absolute atomic E-state index is 0.0260. The van der Waals surface area contributed by atoms with E-state index in [1.165, 1.54) is 6.42 Å². The lowest BCUT2D eigenvalue weighted by Gasteiger charge is -2.38. The fourth-order valence-electron chi connectivity index (χ4n) is 2.44. The highest BCUT2D eigenvalue weighted by Crippen LogP contribution is 2.30. The molecule has 1 unspecified atom stereocenters. The zero-order chi connectivity index (χ0) is 13.8. The van der Waals surface area contributed by atoms with E-state index in [9.17, 15) is 4.79 Å². The van der Waals surface area contributed by atoms with Gasteiger partial charge in [-0.3, -0.25) is 4.79 Å². The molecule has 18 heavy (non-hydrogen) atoms. The maximum Gasteiger partial charge on any atom is 0.234 e. The molecule has 0 spiro atoms. The van der Waals surface area contributed by atoms with E-state index in [2.05, 4.69) is 17.4 Å². The van der Waals surface area contributed by atoms with Crippen molar-refractivity contribution in [2.24, 2.45) is 16.3 Å². The highest BCUT2D eigenvalue weighted by molar-refractivity contribution is 6.06. The van der Waals surface area contributed by atoms with Crippen molar-refractivity contribution >= 4 is 11.7 Å². The fraction of sp³-hybridized carbons (Fsp3) is 0.846. The molecular formula is C13H25N3O2. The van der Waals surface area contributed by atoms with Gasteiger partial charge in [-0.2, -0.15) is 0 Å². The molecule has 0 radical (unpaired) electrons. The van der Waals surface area contributed by atoms with Gasteiger partial charge in [-0.05, 0) is 33.1 Å². The Morgan fingerprint density at radius 3 is 2.44 bits per heavy atom. The van der Waals surface area contributed by atoms with Gasteiger partial charge in [0, 0.05) is 5.54 Å². The molecule has 1 atom stereocenters. The molecule has 1 amide bonds. The first-order valence-corrected chi connectivity index (χ1v) is 6.68. The van der Waals surface area contributed by atoms with Crippen LogP contribution in [0.4, 0.5) is 0 Å². The Hall–Kier alpha value is -1.26. The number of rotatable bonds is 4. The number of nitrogens with two attached hydrogens (primary N) is 1. The van der Waals surface area contributed by atoms with Crippen LogP contribution in [0.25, 0.3) is 0 Å². The predicted molar refractivity (Wildman–Crippen MR) is 71.4 cm³/mol. The smallest absolute Gasteiger partial charge is 0.234 e. The number of hydrogen-bond acceptors (Lipinski definition) is 3. The summed E-state index contributed by atoms with van der Waals surface area (Å²) in [7, 11) is 0. The Bertz CT molecular complexity index is 335. The van der Waals surface area contributed by atoms with E-state index in [-0.39, 0.29) is 17.3 Å². The standard InChI is InChI=1S/C13H25N3O2/c1-4-13(3,10(14)16-18)11(17)15-12(2)8-6-5-7-9-12/h18H,4-9H2,1-3H3,(H2,14,16)(H,15,17). The molecule has 0 saturated heterocycles. The fourth-order valence-corrected chi connectivity index (χ4v) is 2.44. The minimum atomic E-state index is -0.935. The lowest BCUT2D eigenvalue weighted by Crippen LogP contribution is -2.55. The Balaban J connectivity index is 2.79. The Morgan fingerprint density at radius 1 is 1.44 bits per heavy atom. The molecule has 1 fully saturated rings. The number of nitrogens with zero attached hydrogens (tertiary/aromatic N) is 1. The van der Waals surface area contributed by atoms with Gasteiger partial charge < -0.3 is 16.3 Å². The van der Waals surface area contributed by atoms with E-state index in [1.54, 1.807) is 6.92 Å². The van der Waals surface area contributed by atoms with Gasteiger partial charge in [-0.15, -0.1) is 0 Å². The van der Waals surface area contributed by atoms with Crippen molar-refractivity contribution in [3.05, 3.63) is 0 Å². The van der Waals surface area contributed by atoms with Crippen molar-refractivity contribution in [2.45, 2.75) is 64.8 Å². The molecule has 0 aromatic heterocycles. The normalized spacial score (nSPS) is 23.2. The van der Waals surface area contributed by atoms with E-state index < -0.39 is 5.41 Å². The summed E-state index contributed by atoms with van der Waals surface area (Å²) in [4.78, 5) is 12.4. The van der Waals surface area contributed by atoms with Gasteiger partial charge >= 0.3 is 0 Å². The molecule has 5 heteroatoms. The summed E-state index contributed by atoms with van der Waals surface area (Å²) in [5, 5.41) is 14.9. The van der Waals surface area contributed by atoms with Gasteiger partial charge in [0.2, 0.25) is 5.91 Å². The zero-order valence-corrected chi connectivity index (χ0v) is 11.6. The van der Waals surface area contributed by atoms with Crippen molar-refractivity contribution in [1.29, 1.82) is 0 Å². The summed E-state index contributed by atoms with van der Waals surface area (Å²) in [5.74, 6) is -0.174. The Kier molecular flexibility index (Phi) is 4.59. The number of oxime groups is 1. The summed E-state index contributed by atoms with van der Waals surface area (Å²) in [6.45, 7) is 5.65. The first-order valence-electron chi connectivity index (χ1n) is 6.68. The Labute approximate surface area is 109 Å². The molecule has 1 aliphatic carbocycles. The van der Waals surface area contributed by atoms with Crippen LogP contribution in [-0.4, -0.2) is 22.5 Å². The largest absolute Gasteiger partial charge is 0.409 e. The summed E-state index contributed by atoms with van der Waals surface area (Å²) in [5.41, 5.74) is 4.56. The van der Waals surface area contributed by atoms with Gasteiger partial charge in [-0.1, -0.05) is 31.3 Å². The third-order valence-electron chi connectivity index (χ3n) is 4.25. The minimum Gasteiger partial charge on any atom is -0.409 e. The lowest BCUT2D eigenvalue weighted by atomic mass is 9.80. The molecule has 104 valence electrons. The second kappa shape index (κ2) is 5.59. The maximum absolute atomic E-state index is 12.4. The van der Waals surface area contributed by atoms with Crippen molar-refractivity contribution in [3.63, 3.8) is 0 Å². The van der Waals surface area contributed by atoms with Crippen LogP contribution in [0.2, 0.25) is 0 Å². The van der Waals surface area contributed by atoms with Crippen LogP contribution in [0.3, 0.4) is 0 Å². The van der Waals surface area contributed by atoms with Crippen LogP contribution < -0.4 is 11.1 Å². The highest BCUT2D eigenvalue weighted by Gasteiger charge is 2.40. The number of carbonyl (C=O) groups excluding carboxylic acids is 1. The van der Waals surface area contributed by atoms with Crippen LogP contribution in [0.5, 0.6) is 0 Å². The van der Waals surface area contributed by atoms with Gasteiger partial charge in [0.15, 0.2) is 5.84 Å². The Morgan fingerprint density at radius 2 is 2.00 bits per heavy atom. The van der Waals surface area contributed by atoms with Crippen LogP contribution in [0, 0.1) is 5.41 Å². The first kappa shape index (κ1) is 14.8. The van der Waals surface area contributed by atoms with Crippen LogP contribution in [0.1, 0.15) is 59.3 Å². The van der Waals surface area contributed by atoms with E-state index in [4.69, 9.17) is 10.9 Å². The number of amidine groups is 1. The molecule has 1 rings (SSSR count). The van der Waals surface area contributed by atoms with Gasteiger partial charge in [0.05, 0.1) is 0 Å². The van der Waals surface area contributed by atoms with Gasteiger partial charge in [0.25, 0.3) is 0 Å². The average Bonchev–Trinajstić information content (AvgIpc) is 2.36. The number of carbonyl (C=O) groups is 1. The first-order chi connectivity index (χ1) is 8.38. The molecule has 0 aromatic carbocycles. The molecule has 0 heterocycles. The van der Waals surface area contributed by atoms with Gasteiger partial charge in [0.1, 0.15) is 5.41 Å². The quantitative estimate of drug-likeness (QED) is 0.311. The number of hydrogen-bond donors (Lipinski definition) is 3. The van der Waals surface area contributed by atoms with Crippen LogP contribution >= 0.6 is 0 Å². The monoisotopic (exact) mass is 255 g/mol. The molecule has 1 saturated carbocycles. The van der Waals surface area contributed by atoms with Crippen molar-refractivity contribution in [2.75, 3.05) is 0 Å². The predicted octanol–water partition coefficient (Wildman–Crippen LogP) is 1.99.